The first-order valence-corrected chi connectivity index (χ1v) is 5.20. The quantitative estimate of drug-likeness (QED) is 0.795. The predicted molar refractivity (Wildman–Crippen MR) is 60.4 cm³/mol. The van der Waals surface area contributed by atoms with Crippen molar-refractivity contribution in [2.75, 3.05) is 0 Å². The molecule has 0 N–H and O–H groups in total. The van der Waals surface area contributed by atoms with Crippen molar-refractivity contribution in [1.82, 2.24) is 9.78 Å². The Bertz CT molecular complexity index is 400. The number of halogens is 1. The average molecular weight is 233 g/mol. The lowest BCUT2D eigenvalue weighted by Gasteiger charge is -2.24. The van der Waals surface area contributed by atoms with Crippen LogP contribution < -0.4 is 5.56 Å². The van der Waals surface area contributed by atoms with Crippen LogP contribution in [0.4, 0.5) is 0 Å². The smallest absolute Gasteiger partial charge is 0.266 e. The Kier molecular flexibility index (Phi) is 3.27. The Morgan fingerprint density at radius 3 is 2.71 bits per heavy atom. The summed E-state index contributed by atoms with van der Waals surface area (Å²) >= 11 is 9.83. The second kappa shape index (κ2) is 3.95. The summed E-state index contributed by atoms with van der Waals surface area (Å²) in [6.07, 6.45) is 2.30. The van der Waals surface area contributed by atoms with E-state index in [0.29, 0.717) is 4.90 Å². The van der Waals surface area contributed by atoms with E-state index in [-0.39, 0.29) is 16.1 Å². The van der Waals surface area contributed by atoms with Crippen LogP contribution in [0.1, 0.15) is 27.2 Å². The number of aromatic nitrogens is 2. The lowest BCUT2D eigenvalue weighted by Crippen LogP contribution is -2.38. The van der Waals surface area contributed by atoms with E-state index in [4.69, 9.17) is 11.6 Å². The molecule has 0 unspecified atom stereocenters. The average Bonchev–Trinajstić information content (AvgIpc) is 2.14. The molecular formula is C9H13ClN2OS. The summed E-state index contributed by atoms with van der Waals surface area (Å²) in [4.78, 5) is 12.1. The van der Waals surface area contributed by atoms with Gasteiger partial charge in [-0.05, 0) is 20.3 Å². The van der Waals surface area contributed by atoms with Gasteiger partial charge < -0.3 is 0 Å². The summed E-state index contributed by atoms with van der Waals surface area (Å²) in [6, 6.07) is 0. The molecule has 0 aliphatic heterocycles. The molecule has 0 aromatic carbocycles. The molecule has 0 amide bonds. The van der Waals surface area contributed by atoms with Gasteiger partial charge in [0.05, 0.1) is 11.7 Å². The topological polar surface area (TPSA) is 34.9 Å². The van der Waals surface area contributed by atoms with E-state index >= 15 is 0 Å². The fourth-order valence-electron chi connectivity index (χ4n) is 1.01. The molecule has 1 aromatic heterocycles. The van der Waals surface area contributed by atoms with Gasteiger partial charge in [-0.25, -0.2) is 4.68 Å². The Balaban J connectivity index is 3.39. The molecule has 0 atom stereocenters. The van der Waals surface area contributed by atoms with Crippen molar-refractivity contribution in [3.05, 3.63) is 21.6 Å². The Labute approximate surface area is 93.5 Å². The third kappa shape index (κ3) is 1.96. The van der Waals surface area contributed by atoms with Gasteiger partial charge in [0, 0.05) is 4.90 Å². The number of rotatable bonds is 2. The van der Waals surface area contributed by atoms with Gasteiger partial charge in [-0.3, -0.25) is 4.79 Å². The minimum atomic E-state index is -0.317. The fraction of sp³-hybridized carbons (Fsp3) is 0.556. The SMILES string of the molecule is CCC(C)(C)n1ncc(S)c(Cl)c1=O. The largest absolute Gasteiger partial charge is 0.287 e. The number of thiol groups is 1. The van der Waals surface area contributed by atoms with Crippen LogP contribution in [0.5, 0.6) is 0 Å². The zero-order valence-electron chi connectivity index (χ0n) is 8.41. The van der Waals surface area contributed by atoms with Crippen LogP contribution in [0, 0.1) is 0 Å². The van der Waals surface area contributed by atoms with E-state index in [1.165, 1.54) is 10.9 Å². The molecule has 14 heavy (non-hydrogen) atoms. The summed E-state index contributed by atoms with van der Waals surface area (Å²) in [6.45, 7) is 5.88. The molecule has 0 aliphatic carbocycles. The first-order chi connectivity index (χ1) is 6.40. The van der Waals surface area contributed by atoms with Gasteiger partial charge >= 0.3 is 0 Å². The molecule has 0 saturated heterocycles. The zero-order valence-corrected chi connectivity index (χ0v) is 10.1. The summed E-state index contributed by atoms with van der Waals surface area (Å²) < 4.78 is 1.40. The molecule has 0 spiro atoms. The third-order valence-corrected chi connectivity index (χ3v) is 3.18. The van der Waals surface area contributed by atoms with Crippen LogP contribution in [0.25, 0.3) is 0 Å². The maximum absolute atomic E-state index is 11.7. The van der Waals surface area contributed by atoms with Crippen LogP contribution >= 0.6 is 24.2 Å². The van der Waals surface area contributed by atoms with E-state index in [9.17, 15) is 4.79 Å². The maximum Gasteiger partial charge on any atom is 0.287 e. The molecule has 1 aromatic rings. The van der Waals surface area contributed by atoms with Crippen LogP contribution in [0.3, 0.4) is 0 Å². The van der Waals surface area contributed by atoms with Crippen LogP contribution in [0.15, 0.2) is 15.9 Å². The van der Waals surface area contributed by atoms with Crippen molar-refractivity contribution in [2.24, 2.45) is 0 Å². The second-order valence-electron chi connectivity index (χ2n) is 3.73. The van der Waals surface area contributed by atoms with Crippen molar-refractivity contribution >= 4 is 24.2 Å². The van der Waals surface area contributed by atoms with E-state index in [1.807, 2.05) is 20.8 Å². The minimum Gasteiger partial charge on any atom is -0.266 e. The molecule has 3 nitrogen and oxygen atoms in total. The first kappa shape index (κ1) is 11.6. The summed E-state index contributed by atoms with van der Waals surface area (Å²) in [5.41, 5.74) is -0.603. The molecule has 1 rings (SSSR count). The van der Waals surface area contributed by atoms with Gasteiger partial charge in [-0.2, -0.15) is 5.10 Å². The Morgan fingerprint density at radius 1 is 1.64 bits per heavy atom. The van der Waals surface area contributed by atoms with Gasteiger partial charge in [-0.15, -0.1) is 12.6 Å². The highest BCUT2D eigenvalue weighted by atomic mass is 35.5. The standard InChI is InChI=1S/C9H13ClN2OS/c1-4-9(2,3)12-8(13)7(10)6(14)5-11-12/h5,14H,4H2,1-3H3. The molecule has 5 heteroatoms. The monoisotopic (exact) mass is 232 g/mol. The van der Waals surface area contributed by atoms with E-state index in [1.54, 1.807) is 0 Å². The zero-order chi connectivity index (χ0) is 10.9. The molecular weight excluding hydrogens is 220 g/mol. The van der Waals surface area contributed by atoms with E-state index in [0.717, 1.165) is 6.42 Å². The number of nitrogens with zero attached hydrogens (tertiary/aromatic N) is 2. The predicted octanol–water partition coefficient (Wildman–Crippen LogP) is 2.33. The summed E-state index contributed by atoms with van der Waals surface area (Å²) in [5, 5.41) is 4.15. The van der Waals surface area contributed by atoms with Gasteiger partial charge in [-0.1, -0.05) is 18.5 Å². The lowest BCUT2D eigenvalue weighted by molar-refractivity contribution is 0.292. The maximum atomic E-state index is 11.7. The number of hydrogen-bond acceptors (Lipinski definition) is 3. The van der Waals surface area contributed by atoms with Crippen molar-refractivity contribution in [3.8, 4) is 0 Å². The third-order valence-electron chi connectivity index (χ3n) is 2.34. The summed E-state index contributed by atoms with van der Waals surface area (Å²) in [7, 11) is 0. The molecule has 78 valence electrons. The second-order valence-corrected chi connectivity index (χ2v) is 4.59. The molecule has 0 saturated carbocycles. The Morgan fingerprint density at radius 2 is 2.21 bits per heavy atom. The van der Waals surface area contributed by atoms with Crippen molar-refractivity contribution < 1.29 is 0 Å². The fourth-order valence-corrected chi connectivity index (χ4v) is 1.28. The Hall–Kier alpha value is -0.480. The van der Waals surface area contributed by atoms with Crippen LogP contribution in [-0.2, 0) is 5.54 Å². The first-order valence-electron chi connectivity index (χ1n) is 4.37. The van der Waals surface area contributed by atoms with Crippen molar-refractivity contribution in [1.29, 1.82) is 0 Å². The summed E-state index contributed by atoms with van der Waals surface area (Å²) in [5.74, 6) is 0. The highest BCUT2D eigenvalue weighted by molar-refractivity contribution is 7.80. The van der Waals surface area contributed by atoms with Crippen molar-refractivity contribution in [2.45, 2.75) is 37.6 Å². The van der Waals surface area contributed by atoms with E-state index in [2.05, 4.69) is 17.7 Å². The highest BCUT2D eigenvalue weighted by Gasteiger charge is 2.21. The number of hydrogen-bond donors (Lipinski definition) is 1. The molecule has 0 radical (unpaired) electrons. The molecule has 0 fully saturated rings. The van der Waals surface area contributed by atoms with Crippen LogP contribution in [-0.4, -0.2) is 9.78 Å². The van der Waals surface area contributed by atoms with Crippen molar-refractivity contribution in [3.63, 3.8) is 0 Å². The van der Waals surface area contributed by atoms with Gasteiger partial charge in [0.15, 0.2) is 0 Å². The normalized spacial score (nSPS) is 11.8. The lowest BCUT2D eigenvalue weighted by atomic mass is 10.0. The minimum absolute atomic E-state index is 0.129. The molecule has 0 bridgehead atoms. The van der Waals surface area contributed by atoms with Gasteiger partial charge in [0.25, 0.3) is 5.56 Å². The molecule has 0 aliphatic rings. The van der Waals surface area contributed by atoms with E-state index < -0.39 is 0 Å². The highest BCUT2D eigenvalue weighted by Crippen LogP contribution is 2.19. The molecule has 1 heterocycles. The van der Waals surface area contributed by atoms with Gasteiger partial charge in [0.1, 0.15) is 5.02 Å². The van der Waals surface area contributed by atoms with Gasteiger partial charge in [0.2, 0.25) is 0 Å². The van der Waals surface area contributed by atoms with Crippen LogP contribution in [0.2, 0.25) is 5.02 Å².